The van der Waals surface area contributed by atoms with Crippen LogP contribution in [0.3, 0.4) is 0 Å². The molecule has 0 spiro atoms. The highest BCUT2D eigenvalue weighted by atomic mass is 16.3. The number of hydrogen-bond acceptors (Lipinski definition) is 3. The molecule has 0 unspecified atom stereocenters. The van der Waals surface area contributed by atoms with Crippen molar-refractivity contribution >= 4 is 99.2 Å². The molecule has 0 radical (unpaired) electrons. The van der Waals surface area contributed by atoms with Crippen molar-refractivity contribution in [2.45, 2.75) is 0 Å². The molecule has 0 atom stereocenters. The van der Waals surface area contributed by atoms with E-state index >= 15 is 0 Å². The summed E-state index contributed by atoms with van der Waals surface area (Å²) in [5, 5.41) is 11.5. The first kappa shape index (κ1) is 31.2. The predicted molar refractivity (Wildman–Crippen MR) is 233 cm³/mol. The van der Waals surface area contributed by atoms with Gasteiger partial charge in [0.2, 0.25) is 0 Å². The van der Waals surface area contributed by atoms with Crippen molar-refractivity contribution in [3.05, 3.63) is 206 Å². The van der Waals surface area contributed by atoms with Gasteiger partial charge in [0.25, 0.3) is 0 Å². The number of para-hydroxylation sites is 2. The Balaban J connectivity index is 1.32. The van der Waals surface area contributed by atoms with Gasteiger partial charge >= 0.3 is 0 Å². The number of benzene rings is 10. The van der Waals surface area contributed by atoms with Gasteiger partial charge in [-0.1, -0.05) is 158 Å². The van der Waals surface area contributed by atoms with Crippen molar-refractivity contribution in [3.63, 3.8) is 0 Å². The summed E-state index contributed by atoms with van der Waals surface area (Å²) >= 11 is 0. The van der Waals surface area contributed by atoms with E-state index < -0.39 is 0 Å². The smallest absolute Gasteiger partial charge is 0.160 e. The van der Waals surface area contributed by atoms with Crippen molar-refractivity contribution < 1.29 is 4.42 Å². The maximum atomic E-state index is 7.52. The average Bonchev–Trinajstić information content (AvgIpc) is 3.67. The van der Waals surface area contributed by atoms with Gasteiger partial charge in [-0.05, 0) is 80.8 Å². The maximum absolute atomic E-state index is 7.52. The topological polar surface area (TPSA) is 19.6 Å². The summed E-state index contributed by atoms with van der Waals surface area (Å²) in [6.45, 7) is 0. The van der Waals surface area contributed by atoms with Crippen molar-refractivity contribution in [1.29, 1.82) is 0 Å². The van der Waals surface area contributed by atoms with Gasteiger partial charge in [0.1, 0.15) is 0 Å². The molecule has 0 aliphatic heterocycles. The van der Waals surface area contributed by atoms with Crippen LogP contribution in [0.25, 0.3) is 65.0 Å². The van der Waals surface area contributed by atoms with Gasteiger partial charge < -0.3 is 14.2 Å². The highest BCUT2D eigenvalue weighted by Gasteiger charge is 2.27. The number of hydrogen-bond donors (Lipinski definition) is 0. The van der Waals surface area contributed by atoms with E-state index in [1.54, 1.807) is 0 Å². The van der Waals surface area contributed by atoms with Gasteiger partial charge in [0.15, 0.2) is 11.2 Å². The first-order valence-electron chi connectivity index (χ1n) is 18.8. The monoisotopic (exact) mass is 702 g/mol. The molecular weight excluding hydrogens is 669 g/mol. The molecule has 0 aliphatic rings. The normalized spacial score (nSPS) is 11.6. The molecule has 3 nitrogen and oxygen atoms in total. The summed E-state index contributed by atoms with van der Waals surface area (Å²) in [4.78, 5) is 4.75. The molecule has 0 aliphatic carbocycles. The Labute approximate surface area is 318 Å². The number of nitrogens with zero attached hydrogens (tertiary/aromatic N) is 2. The van der Waals surface area contributed by atoms with E-state index in [1.807, 2.05) is 0 Å². The first-order chi connectivity index (χ1) is 27.3. The van der Waals surface area contributed by atoms with E-state index in [2.05, 4.69) is 216 Å². The van der Waals surface area contributed by atoms with Crippen LogP contribution in [0.4, 0.5) is 34.1 Å². The molecule has 258 valence electrons. The van der Waals surface area contributed by atoms with Crippen LogP contribution in [0.2, 0.25) is 0 Å². The minimum Gasteiger partial charge on any atom is -0.452 e. The third-order valence-electron chi connectivity index (χ3n) is 10.9. The van der Waals surface area contributed by atoms with E-state index in [0.717, 1.165) is 77.6 Å². The predicted octanol–water partition coefficient (Wildman–Crippen LogP) is 15.1. The number of fused-ring (bicyclic) bond motifs is 9. The van der Waals surface area contributed by atoms with E-state index in [-0.39, 0.29) is 0 Å². The van der Waals surface area contributed by atoms with Crippen LogP contribution < -0.4 is 9.80 Å². The van der Waals surface area contributed by atoms with Gasteiger partial charge in [-0.15, -0.1) is 0 Å². The Bertz CT molecular complexity index is 2990. The fraction of sp³-hybridized carbons (Fsp3) is 0. The molecule has 0 amide bonds. The average molecular weight is 703 g/mol. The number of furan rings is 1. The lowest BCUT2D eigenvalue weighted by Gasteiger charge is -2.27. The zero-order chi connectivity index (χ0) is 36.3. The van der Waals surface area contributed by atoms with Gasteiger partial charge in [0.05, 0.1) is 22.7 Å². The minimum atomic E-state index is 0.842. The lowest BCUT2D eigenvalue weighted by Crippen LogP contribution is -2.11. The van der Waals surface area contributed by atoms with Gasteiger partial charge in [-0.25, -0.2) is 0 Å². The summed E-state index contributed by atoms with van der Waals surface area (Å²) in [6, 6.07) is 73.7. The number of anilines is 6. The molecule has 11 aromatic rings. The second kappa shape index (κ2) is 12.6. The van der Waals surface area contributed by atoms with E-state index in [1.165, 1.54) is 21.5 Å². The molecule has 0 saturated carbocycles. The zero-order valence-electron chi connectivity index (χ0n) is 29.9. The summed E-state index contributed by atoms with van der Waals surface area (Å²) in [6.07, 6.45) is 0. The Hall–Kier alpha value is -7.36. The maximum Gasteiger partial charge on any atom is 0.160 e. The largest absolute Gasteiger partial charge is 0.452 e. The minimum absolute atomic E-state index is 0.842. The Morgan fingerprint density at radius 3 is 1.05 bits per heavy atom. The molecule has 11 rings (SSSR count). The van der Waals surface area contributed by atoms with Crippen LogP contribution in [-0.2, 0) is 0 Å². The summed E-state index contributed by atoms with van der Waals surface area (Å²) < 4.78 is 7.52. The highest BCUT2D eigenvalue weighted by Crippen LogP contribution is 2.52. The quantitative estimate of drug-likeness (QED) is 0.172. The van der Waals surface area contributed by atoms with Crippen LogP contribution in [0.5, 0.6) is 0 Å². The molecule has 1 heterocycles. The molecular formula is C52H34N2O. The Morgan fingerprint density at radius 2 is 0.618 bits per heavy atom. The summed E-state index contributed by atoms with van der Waals surface area (Å²) in [7, 11) is 0. The molecule has 0 fully saturated rings. The molecule has 1 aromatic heterocycles. The SMILES string of the molecule is c1ccc(N(c2cccc3ccccc23)c2cc3ccccc3c3c2oc2c(N(c4ccccc4)c4cccc5ccccc45)cc4ccccc4c23)cc1. The molecule has 0 N–H and O–H groups in total. The van der Waals surface area contributed by atoms with E-state index in [0.29, 0.717) is 0 Å². The molecule has 10 aromatic carbocycles. The van der Waals surface area contributed by atoms with Crippen molar-refractivity contribution in [2.75, 3.05) is 9.80 Å². The summed E-state index contributed by atoms with van der Waals surface area (Å²) in [5.74, 6) is 0. The second-order valence-electron chi connectivity index (χ2n) is 14.1. The van der Waals surface area contributed by atoms with Gasteiger partial charge in [-0.2, -0.15) is 0 Å². The van der Waals surface area contributed by atoms with E-state index in [9.17, 15) is 0 Å². The third-order valence-corrected chi connectivity index (χ3v) is 10.9. The standard InChI is InChI=1S/C52H34N2O/c1-3-23-39(24-4-1)53(45-31-15-21-35-17-7-11-27-41(35)45)47-33-37-19-9-13-29-43(37)49-50-44-30-14-10-20-38(44)34-48(52(50)55-51(47)49)54(40-25-5-2-6-26-40)46-32-16-22-36-18-8-12-28-42(36)46/h1-34H. The van der Waals surface area contributed by atoms with Crippen LogP contribution in [0.15, 0.2) is 211 Å². The molecule has 0 saturated heterocycles. The fourth-order valence-corrected chi connectivity index (χ4v) is 8.54. The third kappa shape index (κ3) is 4.98. The Kier molecular flexibility index (Phi) is 7.17. The zero-order valence-corrected chi connectivity index (χ0v) is 29.9. The van der Waals surface area contributed by atoms with Crippen LogP contribution in [-0.4, -0.2) is 0 Å². The van der Waals surface area contributed by atoms with Crippen LogP contribution in [0, 0.1) is 0 Å². The van der Waals surface area contributed by atoms with Crippen molar-refractivity contribution in [1.82, 2.24) is 0 Å². The van der Waals surface area contributed by atoms with Crippen molar-refractivity contribution in [3.8, 4) is 0 Å². The molecule has 55 heavy (non-hydrogen) atoms. The number of rotatable bonds is 6. The summed E-state index contributed by atoms with van der Waals surface area (Å²) in [5.41, 5.74) is 7.95. The van der Waals surface area contributed by atoms with Gasteiger partial charge in [-0.3, -0.25) is 0 Å². The molecule has 0 bridgehead atoms. The van der Waals surface area contributed by atoms with Crippen molar-refractivity contribution in [2.24, 2.45) is 0 Å². The highest BCUT2D eigenvalue weighted by molar-refractivity contribution is 6.31. The lowest BCUT2D eigenvalue weighted by atomic mass is 9.97. The van der Waals surface area contributed by atoms with Gasteiger partial charge in [0, 0.05) is 32.9 Å². The van der Waals surface area contributed by atoms with E-state index in [4.69, 9.17) is 4.42 Å². The first-order valence-corrected chi connectivity index (χ1v) is 18.8. The Morgan fingerprint density at radius 1 is 0.273 bits per heavy atom. The van der Waals surface area contributed by atoms with Crippen LogP contribution >= 0.6 is 0 Å². The van der Waals surface area contributed by atoms with Crippen LogP contribution in [0.1, 0.15) is 0 Å². The molecule has 3 heteroatoms. The fourth-order valence-electron chi connectivity index (χ4n) is 8.54. The lowest BCUT2D eigenvalue weighted by molar-refractivity contribution is 0.670. The second-order valence-corrected chi connectivity index (χ2v) is 14.1.